The number of aliphatic imine (C=N–C) groups is 1. The number of carbonyl (C=O) groups excluding carboxylic acids is 1. The van der Waals surface area contributed by atoms with Crippen molar-refractivity contribution in [1.82, 2.24) is 16.0 Å². The van der Waals surface area contributed by atoms with Gasteiger partial charge >= 0.3 is 0 Å². The number of rotatable bonds is 7. The van der Waals surface area contributed by atoms with Crippen molar-refractivity contribution in [2.24, 2.45) is 4.99 Å². The molecule has 1 aliphatic carbocycles. The summed E-state index contributed by atoms with van der Waals surface area (Å²) < 4.78 is 0. The molecule has 6 heteroatoms. The van der Waals surface area contributed by atoms with E-state index in [2.05, 4.69) is 45.2 Å². The molecule has 5 nitrogen and oxygen atoms in total. The fourth-order valence-electron chi connectivity index (χ4n) is 3.01. The Morgan fingerprint density at radius 3 is 2.19 bits per heavy atom. The fraction of sp³-hybridized carbons (Fsp3) is 0.333. The van der Waals surface area contributed by atoms with Gasteiger partial charge in [0.15, 0.2) is 5.96 Å². The number of amides is 1. The van der Waals surface area contributed by atoms with Gasteiger partial charge in [0.05, 0.1) is 6.54 Å². The molecular weight excluding hydrogens is 451 g/mol. The molecule has 144 valence electrons. The minimum atomic E-state index is -0.0546. The van der Waals surface area contributed by atoms with Crippen molar-refractivity contribution in [2.75, 3.05) is 20.1 Å². The molecule has 3 N–H and O–H groups in total. The van der Waals surface area contributed by atoms with Crippen LogP contribution >= 0.6 is 24.0 Å². The molecule has 0 aliphatic heterocycles. The van der Waals surface area contributed by atoms with Crippen LogP contribution in [-0.2, 0) is 16.8 Å². The Morgan fingerprint density at radius 2 is 1.59 bits per heavy atom. The number of nitrogens with one attached hydrogen (secondary N) is 3. The van der Waals surface area contributed by atoms with Crippen molar-refractivity contribution in [3.05, 3.63) is 71.8 Å². The summed E-state index contributed by atoms with van der Waals surface area (Å²) in [5, 5.41) is 9.35. The van der Waals surface area contributed by atoms with E-state index < -0.39 is 0 Å². The smallest absolute Gasteiger partial charge is 0.239 e. The third-order valence-electron chi connectivity index (χ3n) is 4.81. The van der Waals surface area contributed by atoms with Crippen molar-refractivity contribution < 1.29 is 4.79 Å². The summed E-state index contributed by atoms with van der Waals surface area (Å²) in [7, 11) is 1.72. The van der Waals surface area contributed by atoms with Crippen LogP contribution in [0.15, 0.2) is 65.7 Å². The van der Waals surface area contributed by atoms with Gasteiger partial charge in [0.2, 0.25) is 5.91 Å². The normalized spacial score (nSPS) is 14.6. The second-order valence-electron chi connectivity index (χ2n) is 6.69. The summed E-state index contributed by atoms with van der Waals surface area (Å²) in [4.78, 5) is 16.2. The first-order valence-electron chi connectivity index (χ1n) is 9.02. The first-order chi connectivity index (χ1) is 12.7. The van der Waals surface area contributed by atoms with Crippen molar-refractivity contribution >= 4 is 35.8 Å². The molecule has 0 spiro atoms. The summed E-state index contributed by atoms with van der Waals surface area (Å²) >= 11 is 0. The molecule has 1 amide bonds. The van der Waals surface area contributed by atoms with Crippen LogP contribution in [-0.4, -0.2) is 32.0 Å². The molecule has 0 radical (unpaired) electrons. The lowest BCUT2D eigenvalue weighted by atomic mass is 9.96. The zero-order chi connectivity index (χ0) is 18.2. The van der Waals surface area contributed by atoms with E-state index in [1.165, 1.54) is 18.4 Å². The predicted molar refractivity (Wildman–Crippen MR) is 120 cm³/mol. The lowest BCUT2D eigenvalue weighted by molar-refractivity contribution is -0.120. The van der Waals surface area contributed by atoms with E-state index in [-0.39, 0.29) is 41.8 Å². The SMILES string of the molecule is CN=C(NCC(=O)NCc1ccccc1)NCC1(c2ccccc2)CC1.I. The van der Waals surface area contributed by atoms with Gasteiger partial charge in [0.1, 0.15) is 0 Å². The van der Waals surface area contributed by atoms with E-state index in [0.717, 1.165) is 12.1 Å². The van der Waals surface area contributed by atoms with E-state index in [0.29, 0.717) is 12.5 Å². The van der Waals surface area contributed by atoms with Crippen LogP contribution in [0.25, 0.3) is 0 Å². The van der Waals surface area contributed by atoms with Gasteiger partial charge in [0, 0.05) is 25.6 Å². The van der Waals surface area contributed by atoms with Crippen molar-refractivity contribution in [1.29, 1.82) is 0 Å². The third-order valence-corrected chi connectivity index (χ3v) is 4.81. The number of halogens is 1. The lowest BCUT2D eigenvalue weighted by Gasteiger charge is -2.19. The quantitative estimate of drug-likeness (QED) is 0.326. The molecule has 1 saturated carbocycles. The van der Waals surface area contributed by atoms with E-state index in [9.17, 15) is 4.79 Å². The van der Waals surface area contributed by atoms with Gasteiger partial charge in [-0.25, -0.2) is 0 Å². The van der Waals surface area contributed by atoms with Crippen LogP contribution in [0.1, 0.15) is 24.0 Å². The maximum Gasteiger partial charge on any atom is 0.239 e. The number of guanidine groups is 1. The van der Waals surface area contributed by atoms with Gasteiger partial charge in [-0.05, 0) is 24.0 Å². The summed E-state index contributed by atoms with van der Waals surface area (Å²) in [6.45, 7) is 1.55. The first kappa shape index (κ1) is 21.2. The number of hydrogen-bond acceptors (Lipinski definition) is 2. The highest BCUT2D eigenvalue weighted by Gasteiger charge is 2.43. The maximum atomic E-state index is 12.0. The highest BCUT2D eigenvalue weighted by Crippen LogP contribution is 2.47. The second-order valence-corrected chi connectivity index (χ2v) is 6.69. The average molecular weight is 478 g/mol. The van der Waals surface area contributed by atoms with Crippen LogP contribution < -0.4 is 16.0 Å². The number of nitrogens with zero attached hydrogens (tertiary/aromatic N) is 1. The summed E-state index contributed by atoms with van der Waals surface area (Å²) in [6.07, 6.45) is 2.36. The van der Waals surface area contributed by atoms with E-state index in [1.54, 1.807) is 7.05 Å². The Bertz CT molecular complexity index is 745. The minimum Gasteiger partial charge on any atom is -0.356 e. The molecule has 27 heavy (non-hydrogen) atoms. The molecule has 1 aliphatic rings. The molecule has 0 saturated heterocycles. The largest absolute Gasteiger partial charge is 0.356 e. The van der Waals surface area contributed by atoms with E-state index in [1.807, 2.05) is 36.4 Å². The Morgan fingerprint density at radius 1 is 0.963 bits per heavy atom. The van der Waals surface area contributed by atoms with Crippen LogP contribution in [0.3, 0.4) is 0 Å². The lowest BCUT2D eigenvalue weighted by Crippen LogP contribution is -2.45. The van der Waals surface area contributed by atoms with E-state index >= 15 is 0 Å². The zero-order valence-electron chi connectivity index (χ0n) is 15.6. The molecule has 0 atom stereocenters. The summed E-state index contributed by atoms with van der Waals surface area (Å²) in [6, 6.07) is 20.5. The molecule has 3 rings (SSSR count). The van der Waals surface area contributed by atoms with Crippen LogP contribution in [0, 0.1) is 0 Å². The Hall–Kier alpha value is -2.09. The molecule has 0 aromatic heterocycles. The number of hydrogen-bond donors (Lipinski definition) is 3. The third kappa shape index (κ3) is 6.23. The van der Waals surface area contributed by atoms with Gasteiger partial charge in [-0.2, -0.15) is 0 Å². The molecular formula is C21H27IN4O. The Labute approximate surface area is 178 Å². The molecule has 2 aromatic carbocycles. The molecule has 0 bridgehead atoms. The van der Waals surface area contributed by atoms with Crippen molar-refractivity contribution in [3.63, 3.8) is 0 Å². The van der Waals surface area contributed by atoms with Gasteiger partial charge in [-0.1, -0.05) is 60.7 Å². The highest BCUT2D eigenvalue weighted by atomic mass is 127. The molecule has 1 fully saturated rings. The van der Waals surface area contributed by atoms with Gasteiger partial charge in [-0.15, -0.1) is 24.0 Å². The first-order valence-corrected chi connectivity index (χ1v) is 9.02. The van der Waals surface area contributed by atoms with E-state index in [4.69, 9.17) is 0 Å². The van der Waals surface area contributed by atoms with Crippen LogP contribution in [0.5, 0.6) is 0 Å². The van der Waals surface area contributed by atoms with Crippen LogP contribution in [0.4, 0.5) is 0 Å². The topological polar surface area (TPSA) is 65.5 Å². The number of carbonyl (C=O) groups is 1. The highest BCUT2D eigenvalue weighted by molar-refractivity contribution is 14.0. The van der Waals surface area contributed by atoms with Gasteiger partial charge in [0.25, 0.3) is 0 Å². The van der Waals surface area contributed by atoms with Gasteiger partial charge < -0.3 is 16.0 Å². The molecule has 0 unspecified atom stereocenters. The predicted octanol–water partition coefficient (Wildman–Crippen LogP) is 2.82. The zero-order valence-corrected chi connectivity index (χ0v) is 17.9. The molecule has 2 aromatic rings. The minimum absolute atomic E-state index is 0. The Balaban J connectivity index is 0.00000261. The molecule has 0 heterocycles. The average Bonchev–Trinajstić information content (AvgIpc) is 3.49. The monoisotopic (exact) mass is 478 g/mol. The Kier molecular flexibility index (Phi) is 8.09. The maximum absolute atomic E-state index is 12.0. The fourth-order valence-corrected chi connectivity index (χ4v) is 3.01. The second kappa shape index (κ2) is 10.3. The standard InChI is InChI=1S/C21H26N4O.HI/c1-22-20(24-15-19(26)23-14-17-8-4-2-5-9-17)25-16-21(12-13-21)18-10-6-3-7-11-18;/h2-11H,12-16H2,1H3,(H,23,26)(H2,22,24,25);1H. The summed E-state index contributed by atoms with van der Waals surface area (Å²) in [5.74, 6) is 0.600. The number of benzene rings is 2. The van der Waals surface area contributed by atoms with Crippen molar-refractivity contribution in [3.8, 4) is 0 Å². The van der Waals surface area contributed by atoms with Crippen LogP contribution in [0.2, 0.25) is 0 Å². The summed E-state index contributed by atoms with van der Waals surface area (Å²) in [5.41, 5.74) is 2.65. The van der Waals surface area contributed by atoms with Crippen molar-refractivity contribution in [2.45, 2.75) is 24.8 Å². The van der Waals surface area contributed by atoms with Gasteiger partial charge in [-0.3, -0.25) is 9.79 Å².